The molecule has 0 heterocycles. The van der Waals surface area contributed by atoms with E-state index in [9.17, 15) is 0 Å². The Morgan fingerprint density at radius 2 is 2.05 bits per heavy atom. The normalized spacial score (nSPS) is 13.8. The van der Waals surface area contributed by atoms with Crippen molar-refractivity contribution in [3.63, 3.8) is 0 Å². The van der Waals surface area contributed by atoms with Crippen LogP contribution in [0, 0.1) is 6.92 Å². The average Bonchev–Trinajstić information content (AvgIpc) is 2.87. The minimum absolute atomic E-state index is 0.993. The SMILES string of the molecule is C=CC1=CC=C(c2cc(C(=C)C)cc(BC)c2C)C1. The van der Waals surface area contributed by atoms with Crippen LogP contribution in [0.1, 0.15) is 30.0 Å². The van der Waals surface area contributed by atoms with E-state index in [2.05, 4.69) is 58.1 Å². The molecule has 1 aliphatic rings. The van der Waals surface area contributed by atoms with Crippen molar-refractivity contribution in [1.82, 2.24) is 0 Å². The van der Waals surface area contributed by atoms with Gasteiger partial charge in [-0.25, -0.2) is 0 Å². The van der Waals surface area contributed by atoms with E-state index in [1.54, 1.807) is 0 Å². The fourth-order valence-electron chi connectivity index (χ4n) is 2.59. The standard InChI is InChI=1S/C18H21B/c1-6-14-7-8-15(9-14)17-10-16(12(2)3)11-18(19-5)13(17)4/h6-8,10-11,19H,1-2,9H2,3-5H3. The zero-order valence-corrected chi connectivity index (χ0v) is 12.2. The molecule has 0 amide bonds. The Balaban J connectivity index is 2.49. The van der Waals surface area contributed by atoms with Crippen molar-refractivity contribution in [2.45, 2.75) is 27.1 Å². The smallest absolute Gasteiger partial charge is 0.0988 e. The van der Waals surface area contributed by atoms with Crippen molar-refractivity contribution in [3.8, 4) is 0 Å². The molecule has 0 unspecified atom stereocenters. The zero-order valence-electron chi connectivity index (χ0n) is 12.2. The van der Waals surface area contributed by atoms with Crippen molar-refractivity contribution in [3.05, 3.63) is 65.8 Å². The Bertz CT molecular complexity index is 600. The van der Waals surface area contributed by atoms with Crippen LogP contribution in [0.3, 0.4) is 0 Å². The maximum absolute atomic E-state index is 4.08. The van der Waals surface area contributed by atoms with E-state index in [-0.39, 0.29) is 0 Å². The highest BCUT2D eigenvalue weighted by molar-refractivity contribution is 6.52. The molecule has 0 bridgehead atoms. The molecular weight excluding hydrogens is 227 g/mol. The number of benzene rings is 1. The van der Waals surface area contributed by atoms with Gasteiger partial charge in [-0.1, -0.05) is 55.3 Å². The Morgan fingerprint density at radius 1 is 1.32 bits per heavy atom. The summed E-state index contributed by atoms with van der Waals surface area (Å²) in [5.41, 5.74) is 9.27. The predicted molar refractivity (Wildman–Crippen MR) is 89.4 cm³/mol. The summed E-state index contributed by atoms with van der Waals surface area (Å²) >= 11 is 0. The molecule has 1 aromatic carbocycles. The summed E-state index contributed by atoms with van der Waals surface area (Å²) < 4.78 is 0. The Morgan fingerprint density at radius 3 is 2.58 bits per heavy atom. The number of rotatable bonds is 4. The largest absolute Gasteiger partial charge is 0.154 e. The van der Waals surface area contributed by atoms with Crippen LogP contribution in [0.4, 0.5) is 0 Å². The fourth-order valence-corrected chi connectivity index (χ4v) is 2.59. The molecule has 0 saturated carbocycles. The molecule has 0 aromatic heterocycles. The Labute approximate surface area is 117 Å². The van der Waals surface area contributed by atoms with Crippen molar-refractivity contribution in [1.29, 1.82) is 0 Å². The summed E-state index contributed by atoms with van der Waals surface area (Å²) in [6, 6.07) is 4.56. The molecule has 0 saturated heterocycles. The maximum Gasteiger partial charge on any atom is 0.154 e. The van der Waals surface area contributed by atoms with E-state index in [0.29, 0.717) is 0 Å². The summed E-state index contributed by atoms with van der Waals surface area (Å²) in [6.45, 7) is 14.4. The lowest BCUT2D eigenvalue weighted by atomic mass is 9.69. The summed E-state index contributed by atoms with van der Waals surface area (Å²) in [4.78, 5) is 0. The average molecular weight is 248 g/mol. The van der Waals surface area contributed by atoms with Gasteiger partial charge in [0.15, 0.2) is 7.28 Å². The highest BCUT2D eigenvalue weighted by Gasteiger charge is 2.14. The van der Waals surface area contributed by atoms with E-state index >= 15 is 0 Å². The van der Waals surface area contributed by atoms with E-state index in [1.807, 2.05) is 6.08 Å². The topological polar surface area (TPSA) is 0 Å². The second-order valence-corrected chi connectivity index (χ2v) is 5.26. The molecule has 96 valence electrons. The van der Waals surface area contributed by atoms with Crippen molar-refractivity contribution < 1.29 is 0 Å². The highest BCUT2D eigenvalue weighted by Crippen LogP contribution is 2.31. The highest BCUT2D eigenvalue weighted by atomic mass is 14.2. The van der Waals surface area contributed by atoms with Crippen molar-refractivity contribution in [2.75, 3.05) is 0 Å². The first-order valence-electron chi connectivity index (χ1n) is 6.88. The van der Waals surface area contributed by atoms with Gasteiger partial charge in [-0.15, -0.1) is 0 Å². The number of hydrogen-bond donors (Lipinski definition) is 0. The van der Waals surface area contributed by atoms with Gasteiger partial charge in [-0.3, -0.25) is 0 Å². The molecule has 0 spiro atoms. The number of allylic oxidation sites excluding steroid dienone is 6. The Hall–Kier alpha value is -1.76. The van der Waals surface area contributed by atoms with Crippen LogP contribution in [-0.2, 0) is 0 Å². The molecule has 2 rings (SSSR count). The second kappa shape index (κ2) is 5.48. The predicted octanol–water partition coefficient (Wildman–Crippen LogP) is 4.04. The minimum Gasteiger partial charge on any atom is -0.0988 e. The van der Waals surface area contributed by atoms with Crippen molar-refractivity contribution in [2.24, 2.45) is 0 Å². The molecule has 0 N–H and O–H groups in total. The van der Waals surface area contributed by atoms with Crippen LogP contribution in [0.2, 0.25) is 6.82 Å². The molecule has 1 heteroatoms. The number of hydrogen-bond acceptors (Lipinski definition) is 0. The van der Waals surface area contributed by atoms with Crippen LogP contribution in [0.15, 0.2) is 49.1 Å². The molecule has 0 radical (unpaired) electrons. The molecule has 19 heavy (non-hydrogen) atoms. The fraction of sp³-hybridized carbons (Fsp3) is 0.222. The van der Waals surface area contributed by atoms with Gasteiger partial charge in [0.25, 0.3) is 0 Å². The monoisotopic (exact) mass is 248 g/mol. The van der Waals surface area contributed by atoms with E-state index < -0.39 is 0 Å². The van der Waals surface area contributed by atoms with Gasteiger partial charge >= 0.3 is 0 Å². The summed E-state index contributed by atoms with van der Waals surface area (Å²) in [5.74, 6) is 0. The van der Waals surface area contributed by atoms with Crippen LogP contribution < -0.4 is 5.46 Å². The quantitative estimate of drug-likeness (QED) is 0.705. The minimum atomic E-state index is 0.993. The molecule has 0 aliphatic heterocycles. The van der Waals surface area contributed by atoms with E-state index in [0.717, 1.165) is 19.3 Å². The van der Waals surface area contributed by atoms with Crippen LogP contribution in [0.25, 0.3) is 11.1 Å². The first-order chi connectivity index (χ1) is 9.06. The third-order valence-electron chi connectivity index (χ3n) is 3.89. The summed E-state index contributed by atoms with van der Waals surface area (Å²) in [5, 5.41) is 0. The van der Waals surface area contributed by atoms with Crippen LogP contribution in [-0.4, -0.2) is 7.28 Å². The molecule has 1 aromatic rings. The molecule has 0 nitrogen and oxygen atoms in total. The van der Waals surface area contributed by atoms with E-state index in [1.165, 1.54) is 33.3 Å². The lowest BCUT2D eigenvalue weighted by molar-refractivity contribution is 1.31. The summed E-state index contributed by atoms with van der Waals surface area (Å²) in [6.07, 6.45) is 7.33. The molecule has 0 fully saturated rings. The Kier molecular flexibility index (Phi) is 3.94. The van der Waals surface area contributed by atoms with E-state index in [4.69, 9.17) is 0 Å². The van der Waals surface area contributed by atoms with Gasteiger partial charge in [0.2, 0.25) is 0 Å². The molecular formula is C18H21B. The van der Waals surface area contributed by atoms with Gasteiger partial charge in [0.05, 0.1) is 0 Å². The van der Waals surface area contributed by atoms with Gasteiger partial charge in [-0.2, -0.15) is 0 Å². The molecule has 0 atom stereocenters. The third-order valence-corrected chi connectivity index (χ3v) is 3.89. The maximum atomic E-state index is 4.08. The van der Waals surface area contributed by atoms with Gasteiger partial charge in [0, 0.05) is 0 Å². The van der Waals surface area contributed by atoms with Crippen LogP contribution in [0.5, 0.6) is 0 Å². The third kappa shape index (κ3) is 2.65. The lowest BCUT2D eigenvalue weighted by Gasteiger charge is -2.15. The van der Waals surface area contributed by atoms with Crippen LogP contribution >= 0.6 is 0 Å². The second-order valence-electron chi connectivity index (χ2n) is 5.26. The lowest BCUT2D eigenvalue weighted by Crippen LogP contribution is -2.17. The molecule has 1 aliphatic carbocycles. The first-order valence-corrected chi connectivity index (χ1v) is 6.88. The first kappa shape index (κ1) is 13.7. The van der Waals surface area contributed by atoms with Crippen molar-refractivity contribution >= 4 is 23.9 Å². The van der Waals surface area contributed by atoms with Gasteiger partial charge in [-0.05, 0) is 54.2 Å². The van der Waals surface area contributed by atoms with Gasteiger partial charge < -0.3 is 0 Å². The zero-order chi connectivity index (χ0) is 14.0. The van der Waals surface area contributed by atoms with Gasteiger partial charge in [0.1, 0.15) is 0 Å². The summed E-state index contributed by atoms with van der Waals surface area (Å²) in [7, 11) is 1.06.